The third-order valence-electron chi connectivity index (χ3n) is 5.94. The Hall–Kier alpha value is -2.22. The molecular weight excluding hydrogens is 370 g/mol. The van der Waals surface area contributed by atoms with Gasteiger partial charge in [0, 0.05) is 58.7 Å². The van der Waals surface area contributed by atoms with Gasteiger partial charge in [-0.05, 0) is 5.56 Å². The summed E-state index contributed by atoms with van der Waals surface area (Å²) >= 11 is 0. The van der Waals surface area contributed by atoms with Crippen molar-refractivity contribution >= 4 is 17.9 Å². The molecule has 3 aliphatic rings. The molecule has 0 aliphatic carbocycles. The summed E-state index contributed by atoms with van der Waals surface area (Å²) in [7, 11) is 0. The summed E-state index contributed by atoms with van der Waals surface area (Å²) in [5.74, 6) is -1.30. The number of amides is 2. The topological polar surface area (TPSA) is 62.3 Å². The second kappa shape index (κ2) is 9.07. The van der Waals surface area contributed by atoms with Crippen LogP contribution in [0.5, 0.6) is 0 Å². The minimum atomic E-state index is -0.529. The number of hydrogen-bond acceptors (Lipinski definition) is 5. The van der Waals surface area contributed by atoms with E-state index in [1.54, 1.807) is 9.80 Å². The molecule has 0 radical (unpaired) electrons. The number of piperidine rings is 1. The lowest BCUT2D eigenvalue weighted by molar-refractivity contribution is -0.188. The van der Waals surface area contributed by atoms with Gasteiger partial charge in [-0.1, -0.05) is 42.5 Å². The molecule has 3 aliphatic heterocycles. The van der Waals surface area contributed by atoms with Crippen LogP contribution in [0.3, 0.4) is 0 Å². The average molecular weight is 399 g/mol. The van der Waals surface area contributed by atoms with E-state index in [-0.39, 0.29) is 5.91 Å². The van der Waals surface area contributed by atoms with Crippen LogP contribution in [0, 0.1) is 0 Å². The van der Waals surface area contributed by atoms with Gasteiger partial charge >= 0.3 is 11.8 Å². The Bertz CT molecular complexity index is 728. The maximum Gasteiger partial charge on any atom is 0.312 e. The van der Waals surface area contributed by atoms with E-state index in [0.717, 1.165) is 19.6 Å². The normalized spacial score (nSPS) is 22.5. The summed E-state index contributed by atoms with van der Waals surface area (Å²) < 4.78 is 11.4. The zero-order valence-electron chi connectivity index (χ0n) is 16.8. The molecule has 7 nitrogen and oxygen atoms in total. The third-order valence-corrected chi connectivity index (χ3v) is 5.94. The van der Waals surface area contributed by atoms with E-state index in [4.69, 9.17) is 9.47 Å². The molecule has 0 atom stereocenters. The Balaban J connectivity index is 1.20. The van der Waals surface area contributed by atoms with Gasteiger partial charge in [-0.2, -0.15) is 0 Å². The molecule has 0 aromatic heterocycles. The molecule has 3 fully saturated rings. The molecule has 3 heterocycles. The fraction of sp³-hybridized carbons (Fsp3) is 0.545. The second-order valence-corrected chi connectivity index (χ2v) is 7.81. The number of piperazine rings is 1. The van der Waals surface area contributed by atoms with Crippen molar-refractivity contribution in [1.29, 1.82) is 0 Å². The van der Waals surface area contributed by atoms with E-state index in [1.165, 1.54) is 5.56 Å². The van der Waals surface area contributed by atoms with Gasteiger partial charge in [0.1, 0.15) is 0 Å². The molecule has 156 valence electrons. The van der Waals surface area contributed by atoms with E-state index in [0.29, 0.717) is 52.2 Å². The van der Waals surface area contributed by atoms with Crippen LogP contribution >= 0.6 is 0 Å². The number of benzene rings is 1. The van der Waals surface area contributed by atoms with Crippen LogP contribution in [0.1, 0.15) is 18.4 Å². The van der Waals surface area contributed by atoms with Gasteiger partial charge in [-0.15, -0.1) is 0 Å². The smallest absolute Gasteiger partial charge is 0.312 e. The van der Waals surface area contributed by atoms with Crippen molar-refractivity contribution in [3.05, 3.63) is 42.0 Å². The monoisotopic (exact) mass is 399 g/mol. The molecule has 7 heteroatoms. The van der Waals surface area contributed by atoms with Gasteiger partial charge in [0.15, 0.2) is 5.79 Å². The first-order valence-corrected chi connectivity index (χ1v) is 10.5. The maximum atomic E-state index is 12.7. The van der Waals surface area contributed by atoms with Crippen molar-refractivity contribution < 1.29 is 19.1 Å². The van der Waals surface area contributed by atoms with Crippen molar-refractivity contribution in [3.8, 4) is 0 Å². The summed E-state index contributed by atoms with van der Waals surface area (Å²) in [4.78, 5) is 30.9. The number of carbonyl (C=O) groups excluding carboxylic acids is 2. The Morgan fingerprint density at radius 1 is 0.862 bits per heavy atom. The minimum absolute atomic E-state index is 0.381. The van der Waals surface area contributed by atoms with Gasteiger partial charge in [-0.25, -0.2) is 0 Å². The molecule has 0 N–H and O–H groups in total. The second-order valence-electron chi connectivity index (χ2n) is 7.81. The van der Waals surface area contributed by atoms with E-state index >= 15 is 0 Å². The molecule has 0 unspecified atom stereocenters. The highest BCUT2D eigenvalue weighted by atomic mass is 16.7. The van der Waals surface area contributed by atoms with Crippen molar-refractivity contribution in [2.24, 2.45) is 0 Å². The van der Waals surface area contributed by atoms with Crippen LogP contribution in [0.15, 0.2) is 36.4 Å². The van der Waals surface area contributed by atoms with Crippen LogP contribution in [0.25, 0.3) is 6.08 Å². The van der Waals surface area contributed by atoms with Crippen molar-refractivity contribution in [1.82, 2.24) is 14.7 Å². The first-order valence-electron chi connectivity index (χ1n) is 10.5. The summed E-state index contributed by atoms with van der Waals surface area (Å²) in [5.41, 5.74) is 1.18. The number of ether oxygens (including phenoxy) is 2. The first-order chi connectivity index (χ1) is 14.2. The molecule has 0 saturated carbocycles. The average Bonchev–Trinajstić information content (AvgIpc) is 3.22. The molecule has 1 aromatic carbocycles. The van der Waals surface area contributed by atoms with Crippen molar-refractivity contribution in [2.75, 3.05) is 59.0 Å². The predicted molar refractivity (Wildman–Crippen MR) is 109 cm³/mol. The lowest BCUT2D eigenvalue weighted by Gasteiger charge is -2.39. The number of likely N-dealkylation sites (tertiary alicyclic amines) is 1. The zero-order chi connectivity index (χ0) is 20.1. The van der Waals surface area contributed by atoms with Crippen LogP contribution in [-0.4, -0.2) is 91.3 Å². The van der Waals surface area contributed by atoms with Crippen LogP contribution in [0.4, 0.5) is 0 Å². The Labute approximate surface area is 171 Å². The van der Waals surface area contributed by atoms with Crippen molar-refractivity contribution in [3.63, 3.8) is 0 Å². The number of rotatable bonds is 3. The summed E-state index contributed by atoms with van der Waals surface area (Å²) in [6.45, 7) is 5.82. The van der Waals surface area contributed by atoms with Crippen molar-refractivity contribution in [2.45, 2.75) is 18.6 Å². The van der Waals surface area contributed by atoms with E-state index < -0.39 is 11.7 Å². The number of hydrogen-bond donors (Lipinski definition) is 0. The zero-order valence-corrected chi connectivity index (χ0v) is 16.8. The molecule has 4 rings (SSSR count). The number of nitrogens with zero attached hydrogens (tertiary/aromatic N) is 3. The summed E-state index contributed by atoms with van der Waals surface area (Å²) in [6.07, 6.45) is 5.53. The summed E-state index contributed by atoms with van der Waals surface area (Å²) in [5, 5.41) is 0. The van der Waals surface area contributed by atoms with Gasteiger partial charge in [0.2, 0.25) is 0 Å². The lowest BCUT2D eigenvalue weighted by Crippen LogP contribution is -2.55. The van der Waals surface area contributed by atoms with Crippen LogP contribution in [-0.2, 0) is 19.1 Å². The van der Waals surface area contributed by atoms with Gasteiger partial charge < -0.3 is 19.3 Å². The molecule has 3 saturated heterocycles. The highest BCUT2D eigenvalue weighted by Gasteiger charge is 2.42. The largest absolute Gasteiger partial charge is 0.347 e. The standard InChI is InChI=1S/C22H29N3O4/c26-20(24-11-8-22(9-12-24)28-17-18-29-22)21(27)25-15-13-23(14-16-25)10-4-7-19-5-2-1-3-6-19/h1-7H,8-18H2/b7-4+. The third kappa shape index (κ3) is 4.86. The quantitative estimate of drug-likeness (QED) is 0.715. The molecule has 0 bridgehead atoms. The fourth-order valence-electron chi connectivity index (χ4n) is 4.14. The SMILES string of the molecule is O=C(C(=O)N1CCC2(CC1)OCCO2)N1CCN(C/C=C/c2ccccc2)CC1. The van der Waals surface area contributed by atoms with E-state index in [2.05, 4.69) is 29.2 Å². The van der Waals surface area contributed by atoms with E-state index in [1.807, 2.05) is 18.2 Å². The highest BCUT2D eigenvalue weighted by molar-refractivity contribution is 6.34. The van der Waals surface area contributed by atoms with Gasteiger partial charge in [-0.3, -0.25) is 14.5 Å². The highest BCUT2D eigenvalue weighted by Crippen LogP contribution is 2.31. The molecule has 29 heavy (non-hydrogen) atoms. The maximum absolute atomic E-state index is 12.7. The Morgan fingerprint density at radius 3 is 2.07 bits per heavy atom. The molecule has 1 spiro atoms. The molecule has 2 amide bonds. The molecular formula is C22H29N3O4. The Kier molecular flexibility index (Phi) is 6.28. The fourth-order valence-corrected chi connectivity index (χ4v) is 4.14. The van der Waals surface area contributed by atoms with Gasteiger partial charge in [0.05, 0.1) is 13.2 Å². The van der Waals surface area contributed by atoms with Crippen LogP contribution in [0.2, 0.25) is 0 Å². The van der Waals surface area contributed by atoms with Gasteiger partial charge in [0.25, 0.3) is 0 Å². The Morgan fingerprint density at radius 2 is 1.45 bits per heavy atom. The van der Waals surface area contributed by atoms with Crippen LogP contribution < -0.4 is 0 Å². The molecule has 1 aromatic rings. The lowest BCUT2D eigenvalue weighted by atomic mass is 10.0. The number of carbonyl (C=O) groups is 2. The minimum Gasteiger partial charge on any atom is -0.347 e. The summed E-state index contributed by atoms with van der Waals surface area (Å²) in [6, 6.07) is 10.2. The first kappa shape index (κ1) is 20.1. The predicted octanol–water partition coefficient (Wildman–Crippen LogP) is 1.21. The van der Waals surface area contributed by atoms with E-state index in [9.17, 15) is 9.59 Å².